The molecule has 4 rings (SSSR count). The lowest BCUT2D eigenvalue weighted by molar-refractivity contribution is -0.148. The first-order chi connectivity index (χ1) is 12.6. The topological polar surface area (TPSA) is 91.9 Å². The van der Waals surface area contributed by atoms with Crippen molar-refractivity contribution >= 4 is 27.9 Å². The van der Waals surface area contributed by atoms with Gasteiger partial charge in [-0.2, -0.15) is 4.68 Å². The molecule has 0 bridgehead atoms. The number of carbonyl (C=O) groups excluding carboxylic acids is 1. The quantitative estimate of drug-likeness (QED) is 0.520. The van der Waals surface area contributed by atoms with Crippen LogP contribution >= 0.6 is 0 Å². The van der Waals surface area contributed by atoms with Crippen molar-refractivity contribution in [1.29, 1.82) is 0 Å². The normalized spacial score (nSPS) is 11.1. The summed E-state index contributed by atoms with van der Waals surface area (Å²) >= 11 is 0. The molecule has 8 nitrogen and oxygen atoms in total. The lowest BCUT2D eigenvalue weighted by Gasteiger charge is -2.08. The van der Waals surface area contributed by atoms with Crippen LogP contribution in [0.1, 0.15) is 5.82 Å². The molecule has 0 aliphatic carbocycles. The average Bonchev–Trinajstić information content (AvgIpc) is 2.97. The maximum absolute atomic E-state index is 12.3. The zero-order valence-corrected chi connectivity index (χ0v) is 14.0. The summed E-state index contributed by atoms with van der Waals surface area (Å²) in [7, 11) is 0. The van der Waals surface area contributed by atoms with Crippen molar-refractivity contribution in [3.8, 4) is 0 Å². The van der Waals surface area contributed by atoms with Gasteiger partial charge in [0.15, 0.2) is 6.73 Å². The minimum atomic E-state index is -0.488. The molecule has 26 heavy (non-hydrogen) atoms. The van der Waals surface area contributed by atoms with Gasteiger partial charge in [0, 0.05) is 0 Å². The number of aromatic nitrogens is 5. The number of hydrogen-bond acceptors (Lipinski definition) is 6. The smallest absolute Gasteiger partial charge is 0.327 e. The van der Waals surface area contributed by atoms with Crippen molar-refractivity contribution in [3.63, 3.8) is 0 Å². The van der Waals surface area contributed by atoms with Crippen LogP contribution in [0.2, 0.25) is 0 Å². The first-order valence-corrected chi connectivity index (χ1v) is 8.03. The molecule has 0 atom stereocenters. The predicted molar refractivity (Wildman–Crippen MR) is 94.4 cm³/mol. The van der Waals surface area contributed by atoms with Gasteiger partial charge in [-0.25, -0.2) is 4.98 Å². The molecular formula is C18H15N5O3. The van der Waals surface area contributed by atoms with Gasteiger partial charge < -0.3 is 9.30 Å². The van der Waals surface area contributed by atoms with Crippen LogP contribution in [0.15, 0.2) is 53.3 Å². The Morgan fingerprint density at radius 2 is 1.81 bits per heavy atom. The number of hydrogen-bond donors (Lipinski definition) is 0. The number of aryl methyl sites for hydroxylation is 1. The van der Waals surface area contributed by atoms with Crippen LogP contribution in [0.4, 0.5) is 0 Å². The lowest BCUT2D eigenvalue weighted by atomic mass is 10.2. The summed E-state index contributed by atoms with van der Waals surface area (Å²) in [5, 5.41) is 8.18. The maximum Gasteiger partial charge on any atom is 0.327 e. The molecule has 2 heterocycles. The highest BCUT2D eigenvalue weighted by Gasteiger charge is 2.13. The third-order valence-corrected chi connectivity index (χ3v) is 4.11. The van der Waals surface area contributed by atoms with Gasteiger partial charge in [-0.05, 0) is 31.2 Å². The fraction of sp³-hybridized carbons (Fsp3) is 0.167. The summed E-state index contributed by atoms with van der Waals surface area (Å²) in [5.74, 6) is 0.226. The molecular weight excluding hydrogens is 334 g/mol. The van der Waals surface area contributed by atoms with E-state index in [1.165, 1.54) is 0 Å². The summed E-state index contributed by atoms with van der Waals surface area (Å²) in [6.45, 7) is 1.54. The second-order valence-corrected chi connectivity index (χ2v) is 5.79. The molecule has 0 fully saturated rings. The summed E-state index contributed by atoms with van der Waals surface area (Å²) in [6, 6.07) is 14.4. The summed E-state index contributed by atoms with van der Waals surface area (Å²) in [6.07, 6.45) is 0. The standard InChI is InChI=1S/C18H15N5O3/c1-12-19-15-8-4-5-9-16(15)22(12)10-17(24)26-11-23-18(25)13-6-2-3-7-14(13)20-21-23/h2-9H,10-11H2,1H3. The Balaban J connectivity index is 1.51. The molecule has 2 aromatic heterocycles. The van der Waals surface area contributed by atoms with E-state index >= 15 is 0 Å². The number of nitrogens with zero attached hydrogens (tertiary/aromatic N) is 5. The highest BCUT2D eigenvalue weighted by Crippen LogP contribution is 2.15. The van der Waals surface area contributed by atoms with Crippen molar-refractivity contribution in [2.75, 3.05) is 0 Å². The summed E-state index contributed by atoms with van der Waals surface area (Å²) < 4.78 is 8.01. The van der Waals surface area contributed by atoms with Crippen LogP contribution in [-0.4, -0.2) is 30.5 Å². The SMILES string of the molecule is Cc1nc2ccccc2n1CC(=O)OCn1nnc2ccccc2c1=O. The van der Waals surface area contributed by atoms with E-state index in [1.54, 1.807) is 28.8 Å². The number of fused-ring (bicyclic) bond motifs is 2. The first-order valence-electron chi connectivity index (χ1n) is 8.03. The molecule has 0 spiro atoms. The Morgan fingerprint density at radius 3 is 2.65 bits per heavy atom. The molecule has 0 aliphatic rings. The van der Waals surface area contributed by atoms with Crippen molar-refractivity contribution in [2.45, 2.75) is 20.2 Å². The first kappa shape index (κ1) is 15.9. The summed E-state index contributed by atoms with van der Waals surface area (Å²) in [5.41, 5.74) is 1.81. The molecule has 0 saturated heterocycles. The minimum absolute atomic E-state index is 0.00209. The van der Waals surface area contributed by atoms with Crippen LogP contribution < -0.4 is 5.56 Å². The number of ether oxygens (including phenoxy) is 1. The van der Waals surface area contributed by atoms with Crippen LogP contribution in [0.3, 0.4) is 0 Å². The highest BCUT2D eigenvalue weighted by molar-refractivity contribution is 5.79. The Morgan fingerprint density at radius 1 is 1.08 bits per heavy atom. The van der Waals surface area contributed by atoms with Crippen molar-refractivity contribution < 1.29 is 9.53 Å². The van der Waals surface area contributed by atoms with Crippen molar-refractivity contribution in [2.24, 2.45) is 0 Å². The minimum Gasteiger partial charge on any atom is -0.441 e. The van der Waals surface area contributed by atoms with Gasteiger partial charge in [0.2, 0.25) is 0 Å². The van der Waals surface area contributed by atoms with Gasteiger partial charge >= 0.3 is 5.97 Å². The van der Waals surface area contributed by atoms with Crippen LogP contribution in [0.5, 0.6) is 0 Å². The molecule has 0 amide bonds. The van der Waals surface area contributed by atoms with Gasteiger partial charge in [-0.3, -0.25) is 9.59 Å². The Kier molecular flexibility index (Phi) is 3.92. The number of rotatable bonds is 4. The van der Waals surface area contributed by atoms with Gasteiger partial charge in [-0.15, -0.1) is 5.10 Å². The van der Waals surface area contributed by atoms with Crippen LogP contribution in [0.25, 0.3) is 21.9 Å². The van der Waals surface area contributed by atoms with E-state index < -0.39 is 5.97 Å². The van der Waals surface area contributed by atoms with E-state index in [-0.39, 0.29) is 18.8 Å². The van der Waals surface area contributed by atoms with Crippen molar-refractivity contribution in [1.82, 2.24) is 24.5 Å². The molecule has 0 aliphatic heterocycles. The molecule has 0 radical (unpaired) electrons. The molecule has 0 saturated carbocycles. The third kappa shape index (κ3) is 2.81. The summed E-state index contributed by atoms with van der Waals surface area (Å²) in [4.78, 5) is 29.0. The number of esters is 1. The number of benzene rings is 2. The van der Waals surface area contributed by atoms with Crippen LogP contribution in [-0.2, 0) is 22.8 Å². The van der Waals surface area contributed by atoms with Gasteiger partial charge in [0.25, 0.3) is 5.56 Å². The van der Waals surface area contributed by atoms with Gasteiger partial charge in [0.05, 0.1) is 16.4 Å². The number of para-hydroxylation sites is 2. The average molecular weight is 349 g/mol. The highest BCUT2D eigenvalue weighted by atomic mass is 16.5. The maximum atomic E-state index is 12.3. The zero-order chi connectivity index (χ0) is 18.1. The van der Waals surface area contributed by atoms with Crippen LogP contribution in [0, 0.1) is 6.92 Å². The van der Waals surface area contributed by atoms with Gasteiger partial charge in [0.1, 0.15) is 17.9 Å². The Labute approximate surface area is 147 Å². The van der Waals surface area contributed by atoms with E-state index in [2.05, 4.69) is 15.3 Å². The second kappa shape index (κ2) is 6.40. The Bertz CT molecular complexity index is 1180. The Hall–Kier alpha value is -3.55. The number of imidazole rings is 1. The predicted octanol–water partition coefficient (Wildman–Crippen LogP) is 1.65. The molecule has 4 aromatic rings. The molecule has 8 heteroatoms. The van der Waals surface area contributed by atoms with E-state index in [0.717, 1.165) is 15.7 Å². The molecule has 0 N–H and O–H groups in total. The molecule has 130 valence electrons. The second-order valence-electron chi connectivity index (χ2n) is 5.79. The van der Waals surface area contributed by atoms with Gasteiger partial charge in [-0.1, -0.05) is 29.5 Å². The van der Waals surface area contributed by atoms with E-state index in [9.17, 15) is 9.59 Å². The zero-order valence-electron chi connectivity index (χ0n) is 14.0. The van der Waals surface area contributed by atoms with E-state index in [0.29, 0.717) is 16.7 Å². The van der Waals surface area contributed by atoms with E-state index in [1.807, 2.05) is 31.2 Å². The fourth-order valence-electron chi connectivity index (χ4n) is 2.81. The van der Waals surface area contributed by atoms with E-state index in [4.69, 9.17) is 4.74 Å². The van der Waals surface area contributed by atoms with Crippen molar-refractivity contribution in [3.05, 3.63) is 64.7 Å². The molecule has 2 aromatic carbocycles. The third-order valence-electron chi connectivity index (χ3n) is 4.11. The lowest BCUT2D eigenvalue weighted by Crippen LogP contribution is -2.27. The number of carbonyl (C=O) groups is 1. The fourth-order valence-corrected chi connectivity index (χ4v) is 2.81. The monoisotopic (exact) mass is 349 g/mol. The molecule has 0 unspecified atom stereocenters. The largest absolute Gasteiger partial charge is 0.441 e.